The van der Waals surface area contributed by atoms with Crippen LogP contribution in [0.15, 0.2) is 0 Å². The second-order valence-corrected chi connectivity index (χ2v) is 1.05. The first-order valence-corrected chi connectivity index (χ1v) is 1.81. The summed E-state index contributed by atoms with van der Waals surface area (Å²) in [4.78, 5) is 9.63. The van der Waals surface area contributed by atoms with Crippen LogP contribution in [0.1, 0.15) is 0 Å². The van der Waals surface area contributed by atoms with Crippen molar-refractivity contribution >= 4 is 12.0 Å². The Balaban J connectivity index is 3.18. The third-order valence-electron chi connectivity index (χ3n) is 0.351. The van der Waals surface area contributed by atoms with Gasteiger partial charge in [-0.2, -0.15) is 0 Å². The Labute approximate surface area is 45.6 Å². The lowest BCUT2D eigenvalue weighted by molar-refractivity contribution is -0.139. The molecule has 0 fully saturated rings. The van der Waals surface area contributed by atoms with Crippen molar-refractivity contribution in [2.24, 2.45) is 5.73 Å². The van der Waals surface area contributed by atoms with Gasteiger partial charge in [-0.3, -0.25) is 5.41 Å². The number of nitrogens with two attached hydrogens (primary N) is 1. The molecule has 8 heavy (non-hydrogen) atoms. The summed E-state index contributed by atoms with van der Waals surface area (Å²) in [5, 5.41) is 14.3. The molecule has 5 nitrogen and oxygen atoms in total. The summed E-state index contributed by atoms with van der Waals surface area (Å²) in [6.45, 7) is -0.546. The number of ether oxygens (including phenoxy) is 1. The average Bonchev–Trinajstić information content (AvgIpc) is 1.61. The molecular weight excluding hydrogens is 112 g/mol. The highest BCUT2D eigenvalue weighted by molar-refractivity contribution is 5.74. The molecule has 0 bridgehead atoms. The van der Waals surface area contributed by atoms with Crippen molar-refractivity contribution in [1.29, 1.82) is 5.41 Å². The first-order chi connectivity index (χ1) is 3.63. The molecular formula is C3H6N2O3. The maximum atomic E-state index is 9.63. The van der Waals surface area contributed by atoms with Gasteiger partial charge in [-0.15, -0.1) is 0 Å². The molecule has 0 spiro atoms. The number of carboxylic acid groups (broad SMARTS) is 1. The van der Waals surface area contributed by atoms with E-state index in [9.17, 15) is 4.79 Å². The second-order valence-electron chi connectivity index (χ2n) is 1.05. The fraction of sp³-hybridized carbons (Fsp3) is 0.333. The second kappa shape index (κ2) is 2.84. The maximum Gasteiger partial charge on any atom is 0.341 e. The number of carbonyl (C=O) groups is 1. The van der Waals surface area contributed by atoms with Gasteiger partial charge < -0.3 is 15.6 Å². The molecule has 0 unspecified atom stereocenters. The van der Waals surface area contributed by atoms with Crippen LogP contribution in [-0.2, 0) is 9.53 Å². The zero-order valence-corrected chi connectivity index (χ0v) is 4.05. The van der Waals surface area contributed by atoms with E-state index >= 15 is 0 Å². The average molecular weight is 118 g/mol. The van der Waals surface area contributed by atoms with Gasteiger partial charge in [-0.1, -0.05) is 0 Å². The third-order valence-corrected chi connectivity index (χ3v) is 0.351. The highest BCUT2D eigenvalue weighted by Crippen LogP contribution is 1.68. The summed E-state index contributed by atoms with van der Waals surface area (Å²) in [5.41, 5.74) is 4.64. The zero-order chi connectivity index (χ0) is 6.57. The van der Waals surface area contributed by atoms with E-state index in [1.54, 1.807) is 0 Å². The maximum absolute atomic E-state index is 9.63. The van der Waals surface area contributed by atoms with Gasteiger partial charge in [0.2, 0.25) is 0 Å². The van der Waals surface area contributed by atoms with E-state index in [1.807, 2.05) is 0 Å². The van der Waals surface area contributed by atoms with Gasteiger partial charge in [0, 0.05) is 0 Å². The minimum atomic E-state index is -1.14. The number of carboxylic acids is 1. The Hall–Kier alpha value is -1.26. The Morgan fingerprint density at radius 2 is 2.38 bits per heavy atom. The molecule has 5 heteroatoms. The molecule has 0 aliphatic carbocycles. The van der Waals surface area contributed by atoms with E-state index in [-0.39, 0.29) is 0 Å². The monoisotopic (exact) mass is 118 g/mol. The van der Waals surface area contributed by atoms with Crippen LogP contribution in [0.2, 0.25) is 0 Å². The van der Waals surface area contributed by atoms with Gasteiger partial charge in [0.05, 0.1) is 0 Å². The van der Waals surface area contributed by atoms with Crippen molar-refractivity contribution in [1.82, 2.24) is 0 Å². The molecule has 0 aromatic carbocycles. The van der Waals surface area contributed by atoms with Crippen molar-refractivity contribution < 1.29 is 14.6 Å². The predicted molar refractivity (Wildman–Crippen MR) is 25.5 cm³/mol. The first-order valence-electron chi connectivity index (χ1n) is 1.81. The minimum Gasteiger partial charge on any atom is -0.479 e. The number of nitrogens with one attached hydrogen (secondary N) is 1. The molecule has 0 saturated carbocycles. The Kier molecular flexibility index (Phi) is 2.39. The van der Waals surface area contributed by atoms with Gasteiger partial charge in [-0.05, 0) is 0 Å². The molecule has 0 aromatic rings. The number of hydrogen-bond acceptors (Lipinski definition) is 3. The fourth-order valence-electron chi connectivity index (χ4n) is 0.139. The normalized spacial score (nSPS) is 8.00. The molecule has 0 aromatic heterocycles. The van der Waals surface area contributed by atoms with Crippen LogP contribution in [0, 0.1) is 5.41 Å². The summed E-state index contributed by atoms with van der Waals surface area (Å²) < 4.78 is 4.06. The molecule has 0 rings (SSSR count). The van der Waals surface area contributed by atoms with Crippen molar-refractivity contribution in [2.75, 3.05) is 6.61 Å². The van der Waals surface area contributed by atoms with Crippen LogP contribution in [0.5, 0.6) is 0 Å². The van der Waals surface area contributed by atoms with Gasteiger partial charge in [0.1, 0.15) is 0 Å². The van der Waals surface area contributed by atoms with Crippen LogP contribution < -0.4 is 5.73 Å². The summed E-state index contributed by atoms with van der Waals surface area (Å²) >= 11 is 0. The molecule has 0 radical (unpaired) electrons. The van der Waals surface area contributed by atoms with Crippen LogP contribution in [0.3, 0.4) is 0 Å². The summed E-state index contributed by atoms with van der Waals surface area (Å²) in [5.74, 6) is -1.14. The van der Waals surface area contributed by atoms with Crippen molar-refractivity contribution in [2.45, 2.75) is 0 Å². The first kappa shape index (κ1) is 6.74. The Morgan fingerprint density at radius 1 is 1.88 bits per heavy atom. The van der Waals surface area contributed by atoms with Crippen LogP contribution in [0.25, 0.3) is 0 Å². The van der Waals surface area contributed by atoms with Gasteiger partial charge in [-0.25, -0.2) is 4.79 Å². The quantitative estimate of drug-likeness (QED) is 0.319. The highest BCUT2D eigenvalue weighted by atomic mass is 16.5. The van der Waals surface area contributed by atoms with Crippen molar-refractivity contribution in [3.8, 4) is 0 Å². The Bertz CT molecular complexity index is 97.1. The van der Waals surface area contributed by atoms with Gasteiger partial charge >= 0.3 is 5.97 Å². The fourth-order valence-corrected chi connectivity index (χ4v) is 0.139. The number of hydrogen-bond donors (Lipinski definition) is 3. The van der Waals surface area contributed by atoms with Crippen molar-refractivity contribution in [3.05, 3.63) is 0 Å². The van der Waals surface area contributed by atoms with E-state index < -0.39 is 18.6 Å². The van der Waals surface area contributed by atoms with Crippen molar-refractivity contribution in [3.63, 3.8) is 0 Å². The van der Waals surface area contributed by atoms with E-state index in [4.69, 9.17) is 10.5 Å². The van der Waals surface area contributed by atoms with Crippen LogP contribution in [0.4, 0.5) is 0 Å². The SMILES string of the molecule is N=C(N)OCC(=O)O. The lowest BCUT2D eigenvalue weighted by atomic mass is 10.7. The van der Waals surface area contributed by atoms with Crippen LogP contribution >= 0.6 is 0 Å². The number of amidine groups is 1. The number of rotatable bonds is 2. The highest BCUT2D eigenvalue weighted by Gasteiger charge is 1.95. The van der Waals surface area contributed by atoms with E-state index in [0.717, 1.165) is 0 Å². The molecule has 0 amide bonds. The van der Waals surface area contributed by atoms with E-state index in [2.05, 4.69) is 10.5 Å². The smallest absolute Gasteiger partial charge is 0.341 e. The van der Waals surface area contributed by atoms with E-state index in [0.29, 0.717) is 0 Å². The zero-order valence-electron chi connectivity index (χ0n) is 4.05. The summed E-state index contributed by atoms with van der Waals surface area (Å²) in [7, 11) is 0. The Morgan fingerprint density at radius 3 is 2.50 bits per heavy atom. The van der Waals surface area contributed by atoms with Gasteiger partial charge in [0.25, 0.3) is 6.02 Å². The summed E-state index contributed by atoms with van der Waals surface area (Å²) in [6, 6.07) is -0.576. The molecule has 46 valence electrons. The molecule has 4 N–H and O–H groups in total. The molecule has 0 atom stereocenters. The standard InChI is InChI=1S/C3H6N2O3/c4-3(5)8-1-2(6)7/h1H2,(H3,4,5)(H,6,7). The van der Waals surface area contributed by atoms with Crippen LogP contribution in [-0.4, -0.2) is 23.7 Å². The van der Waals surface area contributed by atoms with E-state index in [1.165, 1.54) is 0 Å². The predicted octanol–water partition coefficient (Wildman–Crippen LogP) is -1.02. The lowest BCUT2D eigenvalue weighted by Gasteiger charge is -1.95. The molecule has 0 aliphatic heterocycles. The van der Waals surface area contributed by atoms with Gasteiger partial charge in [0.15, 0.2) is 6.61 Å². The molecule has 0 heterocycles. The lowest BCUT2D eigenvalue weighted by Crippen LogP contribution is -2.18. The largest absolute Gasteiger partial charge is 0.479 e. The molecule has 0 saturated heterocycles. The number of aliphatic carboxylic acids is 1. The minimum absolute atomic E-state index is 0.546. The summed E-state index contributed by atoms with van der Waals surface area (Å²) in [6.07, 6.45) is 0. The topological polar surface area (TPSA) is 96.4 Å². The third kappa shape index (κ3) is 4.74. The molecule has 0 aliphatic rings.